The van der Waals surface area contributed by atoms with Crippen LogP contribution >= 0.6 is 0 Å². The number of rotatable bonds is 6. The number of aryl methyl sites for hydroxylation is 1. The SMILES string of the molecule is N[C@@H](CCc1ccccc1)C(=O)OCc1ccccc1F. The van der Waals surface area contributed by atoms with Crippen LogP contribution in [-0.4, -0.2) is 12.0 Å². The van der Waals surface area contributed by atoms with E-state index in [2.05, 4.69) is 0 Å². The summed E-state index contributed by atoms with van der Waals surface area (Å²) in [5.41, 5.74) is 7.27. The minimum Gasteiger partial charge on any atom is -0.460 e. The van der Waals surface area contributed by atoms with Gasteiger partial charge in [0.2, 0.25) is 0 Å². The molecule has 0 unspecified atom stereocenters. The molecule has 2 rings (SSSR count). The quantitative estimate of drug-likeness (QED) is 0.831. The van der Waals surface area contributed by atoms with Crippen molar-refractivity contribution in [3.8, 4) is 0 Å². The molecule has 110 valence electrons. The van der Waals surface area contributed by atoms with Crippen LogP contribution in [0.4, 0.5) is 4.39 Å². The molecule has 0 aliphatic heterocycles. The summed E-state index contributed by atoms with van der Waals surface area (Å²) in [6.45, 7) is -0.0927. The van der Waals surface area contributed by atoms with Crippen LogP contribution in [0.25, 0.3) is 0 Å². The number of hydrogen-bond donors (Lipinski definition) is 1. The van der Waals surface area contributed by atoms with Crippen molar-refractivity contribution in [2.75, 3.05) is 0 Å². The maximum absolute atomic E-state index is 13.4. The van der Waals surface area contributed by atoms with Crippen LogP contribution in [0.2, 0.25) is 0 Å². The Kier molecular flexibility index (Phi) is 5.46. The molecule has 0 heterocycles. The first-order valence-electron chi connectivity index (χ1n) is 6.86. The van der Waals surface area contributed by atoms with Gasteiger partial charge in [-0.1, -0.05) is 48.5 Å². The van der Waals surface area contributed by atoms with E-state index >= 15 is 0 Å². The number of nitrogens with two attached hydrogens (primary N) is 1. The van der Waals surface area contributed by atoms with Crippen LogP contribution in [0.1, 0.15) is 17.5 Å². The molecule has 0 radical (unpaired) electrons. The van der Waals surface area contributed by atoms with Crippen molar-refractivity contribution < 1.29 is 13.9 Å². The molecule has 0 aliphatic carbocycles. The summed E-state index contributed by atoms with van der Waals surface area (Å²) in [5.74, 6) is -0.891. The standard InChI is InChI=1S/C17H18FNO2/c18-15-9-5-4-8-14(15)12-21-17(20)16(19)11-10-13-6-2-1-3-7-13/h1-9,16H,10-12,19H2/t16-/m0/s1. The van der Waals surface area contributed by atoms with Gasteiger partial charge in [-0.25, -0.2) is 4.39 Å². The summed E-state index contributed by atoms with van der Waals surface area (Å²) in [6.07, 6.45) is 1.21. The Labute approximate surface area is 123 Å². The zero-order valence-electron chi connectivity index (χ0n) is 11.7. The Morgan fingerprint density at radius 3 is 2.48 bits per heavy atom. The van der Waals surface area contributed by atoms with Gasteiger partial charge in [0.25, 0.3) is 0 Å². The van der Waals surface area contributed by atoms with Crippen molar-refractivity contribution in [1.82, 2.24) is 0 Å². The van der Waals surface area contributed by atoms with Crippen molar-refractivity contribution in [3.05, 3.63) is 71.5 Å². The lowest BCUT2D eigenvalue weighted by atomic mass is 10.1. The third kappa shape index (κ3) is 4.68. The lowest BCUT2D eigenvalue weighted by Gasteiger charge is -2.12. The fraction of sp³-hybridized carbons (Fsp3) is 0.235. The second kappa shape index (κ2) is 7.55. The molecule has 0 amide bonds. The maximum atomic E-state index is 13.4. The third-order valence-corrected chi connectivity index (χ3v) is 3.22. The van der Waals surface area contributed by atoms with Crippen molar-refractivity contribution in [3.63, 3.8) is 0 Å². The minimum atomic E-state index is -0.697. The summed E-state index contributed by atoms with van der Waals surface area (Å²) in [6, 6.07) is 15.3. The molecule has 0 saturated heterocycles. The van der Waals surface area contributed by atoms with E-state index in [9.17, 15) is 9.18 Å². The molecule has 0 aromatic heterocycles. The van der Waals surface area contributed by atoms with Crippen molar-refractivity contribution in [2.45, 2.75) is 25.5 Å². The summed E-state index contributed by atoms with van der Waals surface area (Å²) in [5, 5.41) is 0. The monoisotopic (exact) mass is 287 g/mol. The Hall–Kier alpha value is -2.20. The van der Waals surface area contributed by atoms with Gasteiger partial charge in [-0.2, -0.15) is 0 Å². The molecule has 0 fully saturated rings. The molecule has 0 bridgehead atoms. The van der Waals surface area contributed by atoms with Crippen molar-refractivity contribution in [1.29, 1.82) is 0 Å². The average molecular weight is 287 g/mol. The van der Waals surface area contributed by atoms with E-state index in [1.807, 2.05) is 30.3 Å². The molecule has 4 heteroatoms. The van der Waals surface area contributed by atoms with Crippen LogP contribution in [0.3, 0.4) is 0 Å². The number of hydrogen-bond acceptors (Lipinski definition) is 3. The molecule has 21 heavy (non-hydrogen) atoms. The first-order chi connectivity index (χ1) is 10.2. The van der Waals surface area contributed by atoms with E-state index in [1.54, 1.807) is 18.2 Å². The Bertz CT molecular complexity index is 586. The smallest absolute Gasteiger partial charge is 0.323 e. The fourth-order valence-electron chi connectivity index (χ4n) is 1.96. The maximum Gasteiger partial charge on any atom is 0.323 e. The molecule has 0 spiro atoms. The van der Waals surface area contributed by atoms with Gasteiger partial charge in [0, 0.05) is 5.56 Å². The Morgan fingerprint density at radius 1 is 1.10 bits per heavy atom. The van der Waals surface area contributed by atoms with E-state index in [0.29, 0.717) is 18.4 Å². The van der Waals surface area contributed by atoms with Gasteiger partial charge in [-0.05, 0) is 24.5 Å². The first-order valence-corrected chi connectivity index (χ1v) is 6.86. The molecule has 1 atom stereocenters. The molecular formula is C17H18FNO2. The normalized spacial score (nSPS) is 11.9. The Balaban J connectivity index is 1.79. The van der Waals surface area contributed by atoms with Gasteiger partial charge in [0.05, 0.1) is 0 Å². The van der Waals surface area contributed by atoms with Crippen molar-refractivity contribution >= 4 is 5.97 Å². The molecule has 0 saturated carbocycles. The predicted octanol–water partition coefficient (Wildman–Crippen LogP) is 2.83. The molecule has 3 nitrogen and oxygen atoms in total. The van der Waals surface area contributed by atoms with Crippen LogP contribution in [-0.2, 0) is 22.6 Å². The third-order valence-electron chi connectivity index (χ3n) is 3.22. The summed E-state index contributed by atoms with van der Waals surface area (Å²) >= 11 is 0. The zero-order chi connectivity index (χ0) is 15.1. The predicted molar refractivity (Wildman–Crippen MR) is 78.9 cm³/mol. The van der Waals surface area contributed by atoms with Gasteiger partial charge in [-0.15, -0.1) is 0 Å². The van der Waals surface area contributed by atoms with Gasteiger partial charge in [-0.3, -0.25) is 4.79 Å². The van der Waals surface area contributed by atoms with Gasteiger partial charge >= 0.3 is 5.97 Å². The van der Waals surface area contributed by atoms with Gasteiger partial charge < -0.3 is 10.5 Å². The average Bonchev–Trinajstić information content (AvgIpc) is 2.52. The number of carbonyl (C=O) groups is 1. The van der Waals surface area contributed by atoms with Crippen LogP contribution in [0.15, 0.2) is 54.6 Å². The summed E-state index contributed by atoms with van der Waals surface area (Å²) in [7, 11) is 0. The molecule has 0 aliphatic rings. The highest BCUT2D eigenvalue weighted by molar-refractivity contribution is 5.75. The van der Waals surface area contributed by atoms with E-state index in [1.165, 1.54) is 6.07 Å². The minimum absolute atomic E-state index is 0.0927. The lowest BCUT2D eigenvalue weighted by Crippen LogP contribution is -2.32. The number of halogens is 1. The molecule has 2 N–H and O–H groups in total. The Morgan fingerprint density at radius 2 is 1.76 bits per heavy atom. The number of esters is 1. The summed E-state index contributed by atoms with van der Waals surface area (Å²) in [4.78, 5) is 11.8. The largest absolute Gasteiger partial charge is 0.460 e. The van der Waals surface area contributed by atoms with Gasteiger partial charge in [0.1, 0.15) is 18.5 Å². The van der Waals surface area contributed by atoms with Crippen LogP contribution in [0.5, 0.6) is 0 Å². The van der Waals surface area contributed by atoms with Crippen LogP contribution in [0, 0.1) is 5.82 Å². The van der Waals surface area contributed by atoms with Crippen molar-refractivity contribution in [2.24, 2.45) is 5.73 Å². The highest BCUT2D eigenvalue weighted by atomic mass is 19.1. The summed E-state index contributed by atoms with van der Waals surface area (Å²) < 4.78 is 18.4. The second-order valence-electron chi connectivity index (χ2n) is 4.83. The highest BCUT2D eigenvalue weighted by Gasteiger charge is 2.15. The highest BCUT2D eigenvalue weighted by Crippen LogP contribution is 2.09. The fourth-order valence-corrected chi connectivity index (χ4v) is 1.96. The van der Waals surface area contributed by atoms with E-state index < -0.39 is 12.0 Å². The molecule has 2 aromatic carbocycles. The van der Waals surface area contributed by atoms with E-state index in [-0.39, 0.29) is 12.4 Å². The van der Waals surface area contributed by atoms with E-state index in [4.69, 9.17) is 10.5 Å². The first kappa shape index (κ1) is 15.2. The second-order valence-corrected chi connectivity index (χ2v) is 4.83. The lowest BCUT2D eigenvalue weighted by molar-refractivity contribution is -0.146. The van der Waals surface area contributed by atoms with Gasteiger partial charge in [0.15, 0.2) is 0 Å². The topological polar surface area (TPSA) is 52.3 Å². The zero-order valence-corrected chi connectivity index (χ0v) is 11.7. The molecular weight excluding hydrogens is 269 g/mol. The molecule has 2 aromatic rings. The number of benzene rings is 2. The number of carbonyl (C=O) groups excluding carboxylic acids is 1. The van der Waals surface area contributed by atoms with Crippen LogP contribution < -0.4 is 5.73 Å². The number of ether oxygens (including phenoxy) is 1. The van der Waals surface area contributed by atoms with E-state index in [0.717, 1.165) is 5.56 Å².